The van der Waals surface area contributed by atoms with Gasteiger partial charge in [0.25, 0.3) is 0 Å². The van der Waals surface area contributed by atoms with Crippen molar-refractivity contribution in [3.63, 3.8) is 0 Å². The average Bonchev–Trinajstić information content (AvgIpc) is 2.27. The molecule has 0 atom stereocenters. The minimum absolute atomic E-state index is 0.156. The summed E-state index contributed by atoms with van der Waals surface area (Å²) in [6.07, 6.45) is 1.47. The molecule has 88 valence electrons. The molecule has 5 nitrogen and oxygen atoms in total. The third kappa shape index (κ3) is 3.29. The second-order valence-corrected chi connectivity index (χ2v) is 4.03. The number of hydrogen-bond acceptors (Lipinski definition) is 5. The molecule has 17 heavy (non-hydrogen) atoms. The van der Waals surface area contributed by atoms with Crippen molar-refractivity contribution in [1.82, 2.24) is 15.0 Å². The van der Waals surface area contributed by atoms with Crippen LogP contribution in [0.15, 0.2) is 24.3 Å². The molecular formula is C11H12ClN5. The van der Waals surface area contributed by atoms with E-state index in [2.05, 4.69) is 15.0 Å². The first kappa shape index (κ1) is 11.6. The molecule has 6 heteroatoms. The standard InChI is InChI=1S/C11H12ClN5/c12-8-4-1-7(2-5-8)3-6-9-15-10(13)17-11(14)16-9/h1-2,4-5H,3,6H2,(H4,13,14,15,16,17). The van der Waals surface area contributed by atoms with Crippen molar-refractivity contribution in [2.24, 2.45) is 0 Å². The van der Waals surface area contributed by atoms with E-state index >= 15 is 0 Å². The number of benzene rings is 1. The Hall–Kier alpha value is -1.88. The average molecular weight is 250 g/mol. The first-order valence-electron chi connectivity index (χ1n) is 5.14. The van der Waals surface area contributed by atoms with Gasteiger partial charge in [-0.25, -0.2) is 0 Å². The van der Waals surface area contributed by atoms with Crippen LogP contribution in [0.1, 0.15) is 11.4 Å². The lowest BCUT2D eigenvalue weighted by Gasteiger charge is -2.02. The molecule has 0 aliphatic rings. The zero-order chi connectivity index (χ0) is 12.3. The summed E-state index contributed by atoms with van der Waals surface area (Å²) >= 11 is 5.80. The fourth-order valence-electron chi connectivity index (χ4n) is 1.48. The zero-order valence-electron chi connectivity index (χ0n) is 9.10. The fourth-order valence-corrected chi connectivity index (χ4v) is 1.60. The van der Waals surface area contributed by atoms with Crippen LogP contribution in [0.25, 0.3) is 0 Å². The van der Waals surface area contributed by atoms with Crippen LogP contribution in [0.5, 0.6) is 0 Å². The molecule has 0 bridgehead atoms. The Kier molecular flexibility index (Phi) is 3.39. The number of nitrogens with zero attached hydrogens (tertiary/aromatic N) is 3. The molecule has 0 unspecified atom stereocenters. The summed E-state index contributed by atoms with van der Waals surface area (Å²) in [4.78, 5) is 11.7. The number of aryl methyl sites for hydroxylation is 2. The van der Waals surface area contributed by atoms with Gasteiger partial charge in [-0.2, -0.15) is 15.0 Å². The molecule has 0 fully saturated rings. The molecule has 0 aliphatic heterocycles. The number of hydrogen-bond donors (Lipinski definition) is 2. The smallest absolute Gasteiger partial charge is 0.225 e. The Balaban J connectivity index is 2.04. The van der Waals surface area contributed by atoms with Gasteiger partial charge in [-0.1, -0.05) is 23.7 Å². The molecule has 1 aromatic heterocycles. The molecule has 1 aromatic carbocycles. The highest BCUT2D eigenvalue weighted by Crippen LogP contribution is 2.11. The summed E-state index contributed by atoms with van der Waals surface area (Å²) in [5.41, 5.74) is 12.1. The van der Waals surface area contributed by atoms with Crippen molar-refractivity contribution in [1.29, 1.82) is 0 Å². The third-order valence-corrected chi connectivity index (χ3v) is 2.52. The summed E-state index contributed by atoms with van der Waals surface area (Å²) in [6.45, 7) is 0. The highest BCUT2D eigenvalue weighted by atomic mass is 35.5. The summed E-state index contributed by atoms with van der Waals surface area (Å²) in [5, 5.41) is 0.724. The minimum atomic E-state index is 0.156. The van der Waals surface area contributed by atoms with E-state index in [1.165, 1.54) is 0 Å². The number of anilines is 2. The van der Waals surface area contributed by atoms with Crippen LogP contribution in [0.2, 0.25) is 5.02 Å². The number of nitrogen functional groups attached to an aromatic ring is 2. The van der Waals surface area contributed by atoms with E-state index in [4.69, 9.17) is 23.1 Å². The lowest BCUT2D eigenvalue weighted by Crippen LogP contribution is -2.07. The fraction of sp³-hybridized carbons (Fsp3) is 0.182. The quantitative estimate of drug-likeness (QED) is 0.860. The van der Waals surface area contributed by atoms with Crippen LogP contribution < -0.4 is 11.5 Å². The predicted octanol–water partition coefficient (Wildman–Crippen LogP) is 1.47. The molecule has 0 saturated carbocycles. The second-order valence-electron chi connectivity index (χ2n) is 3.59. The third-order valence-electron chi connectivity index (χ3n) is 2.27. The monoisotopic (exact) mass is 249 g/mol. The molecule has 0 spiro atoms. The first-order chi connectivity index (χ1) is 8.13. The topological polar surface area (TPSA) is 90.7 Å². The Bertz CT molecular complexity index is 492. The van der Waals surface area contributed by atoms with Gasteiger partial charge in [0.1, 0.15) is 5.82 Å². The molecule has 2 aromatic rings. The maximum atomic E-state index is 5.80. The second kappa shape index (κ2) is 4.97. The summed E-state index contributed by atoms with van der Waals surface area (Å²) in [6, 6.07) is 7.65. The zero-order valence-corrected chi connectivity index (χ0v) is 9.85. The van der Waals surface area contributed by atoms with Crippen molar-refractivity contribution < 1.29 is 0 Å². The van der Waals surface area contributed by atoms with Crippen LogP contribution in [0.4, 0.5) is 11.9 Å². The van der Waals surface area contributed by atoms with Crippen LogP contribution in [0, 0.1) is 0 Å². The van der Waals surface area contributed by atoms with Gasteiger partial charge in [-0.3, -0.25) is 0 Å². The normalized spacial score (nSPS) is 10.4. The maximum Gasteiger partial charge on any atom is 0.225 e. The van der Waals surface area contributed by atoms with Gasteiger partial charge >= 0.3 is 0 Å². The number of rotatable bonds is 3. The summed E-state index contributed by atoms with van der Waals surface area (Å²) < 4.78 is 0. The van der Waals surface area contributed by atoms with Gasteiger partial charge in [0.05, 0.1) is 0 Å². The highest BCUT2D eigenvalue weighted by molar-refractivity contribution is 6.30. The Morgan fingerprint density at radius 1 is 0.882 bits per heavy atom. The summed E-state index contributed by atoms with van der Waals surface area (Å²) in [7, 11) is 0. The van der Waals surface area contributed by atoms with Gasteiger partial charge in [0, 0.05) is 11.4 Å². The Morgan fingerprint density at radius 2 is 1.47 bits per heavy atom. The van der Waals surface area contributed by atoms with Crippen LogP contribution in [0.3, 0.4) is 0 Å². The lowest BCUT2D eigenvalue weighted by atomic mass is 10.1. The first-order valence-corrected chi connectivity index (χ1v) is 5.51. The molecule has 0 radical (unpaired) electrons. The molecular weight excluding hydrogens is 238 g/mol. The van der Waals surface area contributed by atoms with E-state index in [9.17, 15) is 0 Å². The van der Waals surface area contributed by atoms with Gasteiger partial charge in [0.2, 0.25) is 11.9 Å². The lowest BCUT2D eigenvalue weighted by molar-refractivity contribution is 0.847. The van der Waals surface area contributed by atoms with Crippen LogP contribution in [-0.4, -0.2) is 15.0 Å². The molecule has 4 N–H and O–H groups in total. The van der Waals surface area contributed by atoms with Gasteiger partial charge < -0.3 is 11.5 Å². The van der Waals surface area contributed by atoms with Gasteiger partial charge in [-0.05, 0) is 24.1 Å². The van der Waals surface area contributed by atoms with E-state index in [1.54, 1.807) is 0 Å². The van der Waals surface area contributed by atoms with Gasteiger partial charge in [-0.15, -0.1) is 0 Å². The van der Waals surface area contributed by atoms with E-state index in [0.29, 0.717) is 12.2 Å². The van der Waals surface area contributed by atoms with E-state index < -0.39 is 0 Å². The van der Waals surface area contributed by atoms with Crippen LogP contribution >= 0.6 is 11.6 Å². The Morgan fingerprint density at radius 3 is 2.06 bits per heavy atom. The molecule has 0 saturated heterocycles. The van der Waals surface area contributed by atoms with Crippen molar-refractivity contribution in [3.05, 3.63) is 40.7 Å². The van der Waals surface area contributed by atoms with Crippen molar-refractivity contribution >= 4 is 23.5 Å². The molecule has 1 heterocycles. The maximum absolute atomic E-state index is 5.80. The summed E-state index contributed by atoms with van der Waals surface area (Å²) in [5.74, 6) is 0.914. The largest absolute Gasteiger partial charge is 0.368 e. The number of halogens is 1. The van der Waals surface area contributed by atoms with Crippen molar-refractivity contribution in [2.45, 2.75) is 12.8 Å². The van der Waals surface area contributed by atoms with Crippen molar-refractivity contribution in [2.75, 3.05) is 11.5 Å². The van der Waals surface area contributed by atoms with E-state index in [1.807, 2.05) is 24.3 Å². The van der Waals surface area contributed by atoms with Crippen LogP contribution in [-0.2, 0) is 12.8 Å². The van der Waals surface area contributed by atoms with E-state index in [-0.39, 0.29) is 11.9 Å². The SMILES string of the molecule is Nc1nc(N)nc(CCc2ccc(Cl)cc2)n1. The van der Waals surface area contributed by atoms with Crippen molar-refractivity contribution in [3.8, 4) is 0 Å². The minimum Gasteiger partial charge on any atom is -0.368 e. The molecule has 2 rings (SSSR count). The number of nitrogens with two attached hydrogens (primary N) is 2. The van der Waals surface area contributed by atoms with E-state index in [0.717, 1.165) is 17.0 Å². The Labute approximate surface area is 104 Å². The number of aromatic nitrogens is 3. The predicted molar refractivity (Wildman–Crippen MR) is 67.5 cm³/mol. The molecule has 0 aliphatic carbocycles. The highest BCUT2D eigenvalue weighted by Gasteiger charge is 2.02. The molecule has 0 amide bonds. The van der Waals surface area contributed by atoms with Gasteiger partial charge in [0.15, 0.2) is 0 Å².